The molecule has 116 valence electrons. The van der Waals surface area contributed by atoms with E-state index in [2.05, 4.69) is 0 Å². The second kappa shape index (κ2) is 7.90. The average molecular weight is 313 g/mol. The molecule has 0 amide bonds. The lowest BCUT2D eigenvalue weighted by molar-refractivity contribution is -0.134. The Bertz CT molecular complexity index is 484. The molecule has 0 heterocycles. The summed E-state index contributed by atoms with van der Waals surface area (Å²) < 4.78 is 19.5. The topological polar surface area (TPSA) is 26.3 Å². The summed E-state index contributed by atoms with van der Waals surface area (Å²) in [6, 6.07) is 4.33. The highest BCUT2D eigenvalue weighted by molar-refractivity contribution is 6.30. The van der Waals surface area contributed by atoms with Crippen LogP contribution in [0.4, 0.5) is 4.39 Å². The fourth-order valence-corrected chi connectivity index (χ4v) is 3.27. The predicted molar refractivity (Wildman–Crippen MR) is 82.1 cm³/mol. The Morgan fingerprint density at radius 2 is 2.10 bits per heavy atom. The molecule has 1 aliphatic carbocycles. The van der Waals surface area contributed by atoms with E-state index in [1.54, 1.807) is 0 Å². The summed E-state index contributed by atoms with van der Waals surface area (Å²) in [4.78, 5) is 12.5. The molecule has 0 saturated heterocycles. The molecular weight excluding hydrogens is 291 g/mol. The fourth-order valence-electron chi connectivity index (χ4n) is 3.08. The summed E-state index contributed by atoms with van der Waals surface area (Å²) in [5, 5.41) is 0.449. The summed E-state index contributed by atoms with van der Waals surface area (Å²) in [6.07, 6.45) is 5.21. The SMILES string of the molecule is CCOC(C(=O)Cc1cc(Cl)ccc1F)C1CCCCC1. The van der Waals surface area contributed by atoms with Crippen LogP contribution in [0.15, 0.2) is 18.2 Å². The van der Waals surface area contributed by atoms with Crippen LogP contribution in [0.3, 0.4) is 0 Å². The average Bonchev–Trinajstić information content (AvgIpc) is 2.49. The van der Waals surface area contributed by atoms with Gasteiger partial charge in [-0.25, -0.2) is 4.39 Å². The van der Waals surface area contributed by atoms with Crippen molar-refractivity contribution in [3.63, 3.8) is 0 Å². The third kappa shape index (κ3) is 4.52. The van der Waals surface area contributed by atoms with Crippen molar-refractivity contribution in [1.29, 1.82) is 0 Å². The molecule has 21 heavy (non-hydrogen) atoms. The molecule has 0 spiro atoms. The zero-order valence-electron chi connectivity index (χ0n) is 12.4. The lowest BCUT2D eigenvalue weighted by atomic mass is 9.82. The number of carbonyl (C=O) groups excluding carboxylic acids is 1. The van der Waals surface area contributed by atoms with Gasteiger partial charge < -0.3 is 4.74 Å². The number of ether oxygens (including phenoxy) is 1. The van der Waals surface area contributed by atoms with Crippen molar-refractivity contribution in [2.45, 2.75) is 51.6 Å². The van der Waals surface area contributed by atoms with E-state index in [1.165, 1.54) is 24.6 Å². The number of Topliss-reactive ketones (excluding diaryl/α,β-unsaturated/α-hetero) is 1. The fraction of sp³-hybridized carbons (Fsp3) is 0.588. The van der Waals surface area contributed by atoms with Gasteiger partial charge in [0.2, 0.25) is 0 Å². The number of rotatable bonds is 6. The van der Waals surface area contributed by atoms with E-state index < -0.39 is 6.10 Å². The van der Waals surface area contributed by atoms with Gasteiger partial charge in [-0.15, -0.1) is 0 Å². The van der Waals surface area contributed by atoms with Crippen molar-refractivity contribution in [3.8, 4) is 0 Å². The number of benzene rings is 1. The normalized spacial score (nSPS) is 17.7. The smallest absolute Gasteiger partial charge is 0.166 e. The molecule has 0 N–H and O–H groups in total. The highest BCUT2D eigenvalue weighted by atomic mass is 35.5. The molecule has 0 aromatic heterocycles. The number of hydrogen-bond donors (Lipinski definition) is 0. The van der Waals surface area contributed by atoms with Crippen LogP contribution in [0.25, 0.3) is 0 Å². The van der Waals surface area contributed by atoms with Crippen molar-refractivity contribution in [1.82, 2.24) is 0 Å². The van der Waals surface area contributed by atoms with Crippen LogP contribution in [0, 0.1) is 11.7 Å². The van der Waals surface area contributed by atoms with Gasteiger partial charge in [0, 0.05) is 18.1 Å². The van der Waals surface area contributed by atoms with Crippen molar-refractivity contribution >= 4 is 17.4 Å². The molecule has 1 unspecified atom stereocenters. The molecule has 2 nitrogen and oxygen atoms in total. The molecule has 1 saturated carbocycles. The zero-order chi connectivity index (χ0) is 15.2. The van der Waals surface area contributed by atoms with Gasteiger partial charge in [-0.05, 0) is 49.4 Å². The number of hydrogen-bond acceptors (Lipinski definition) is 2. The first-order chi connectivity index (χ1) is 10.1. The maximum Gasteiger partial charge on any atom is 0.166 e. The Balaban J connectivity index is 2.08. The van der Waals surface area contributed by atoms with Gasteiger partial charge in [0.05, 0.1) is 0 Å². The monoisotopic (exact) mass is 312 g/mol. The molecule has 0 bridgehead atoms. The van der Waals surface area contributed by atoms with Crippen LogP contribution in [-0.4, -0.2) is 18.5 Å². The van der Waals surface area contributed by atoms with E-state index in [0.717, 1.165) is 25.7 Å². The summed E-state index contributed by atoms with van der Waals surface area (Å²) in [7, 11) is 0. The van der Waals surface area contributed by atoms with E-state index in [-0.39, 0.29) is 23.9 Å². The van der Waals surface area contributed by atoms with E-state index in [1.807, 2.05) is 6.92 Å². The van der Waals surface area contributed by atoms with Gasteiger partial charge in [0.15, 0.2) is 5.78 Å². The summed E-state index contributed by atoms with van der Waals surface area (Å²) >= 11 is 5.88. The van der Waals surface area contributed by atoms with Crippen LogP contribution in [0.1, 0.15) is 44.6 Å². The van der Waals surface area contributed by atoms with Crippen LogP contribution in [0.2, 0.25) is 5.02 Å². The van der Waals surface area contributed by atoms with E-state index in [0.29, 0.717) is 17.2 Å². The molecule has 1 atom stereocenters. The number of halogens is 2. The van der Waals surface area contributed by atoms with Gasteiger partial charge in [-0.2, -0.15) is 0 Å². The minimum Gasteiger partial charge on any atom is -0.370 e. The van der Waals surface area contributed by atoms with E-state index >= 15 is 0 Å². The Kier molecular flexibility index (Phi) is 6.19. The van der Waals surface area contributed by atoms with Gasteiger partial charge in [-0.1, -0.05) is 30.9 Å². The summed E-state index contributed by atoms with van der Waals surface area (Å²) in [5.74, 6) is -0.148. The van der Waals surface area contributed by atoms with Crippen molar-refractivity contribution in [3.05, 3.63) is 34.6 Å². The molecule has 2 rings (SSSR count). The Morgan fingerprint density at radius 3 is 2.76 bits per heavy atom. The summed E-state index contributed by atoms with van der Waals surface area (Å²) in [5.41, 5.74) is 0.355. The standard InChI is InChI=1S/C17H22ClFO2/c1-2-21-17(12-6-4-3-5-7-12)16(20)11-13-10-14(18)8-9-15(13)19/h8-10,12,17H,2-7,11H2,1H3. The summed E-state index contributed by atoms with van der Waals surface area (Å²) in [6.45, 7) is 2.40. The largest absolute Gasteiger partial charge is 0.370 e. The second-order valence-electron chi connectivity index (χ2n) is 5.65. The predicted octanol–water partition coefficient (Wildman–Crippen LogP) is 4.58. The van der Waals surface area contributed by atoms with Crippen LogP contribution >= 0.6 is 11.6 Å². The van der Waals surface area contributed by atoms with Crippen LogP contribution in [-0.2, 0) is 16.0 Å². The second-order valence-corrected chi connectivity index (χ2v) is 6.09. The maximum atomic E-state index is 13.8. The van der Waals surface area contributed by atoms with E-state index in [9.17, 15) is 9.18 Å². The zero-order valence-corrected chi connectivity index (χ0v) is 13.2. The first-order valence-electron chi connectivity index (χ1n) is 7.70. The molecular formula is C17H22ClFO2. The molecule has 4 heteroatoms. The third-order valence-electron chi connectivity index (χ3n) is 4.11. The maximum absolute atomic E-state index is 13.8. The lowest BCUT2D eigenvalue weighted by Gasteiger charge is -2.29. The Morgan fingerprint density at radius 1 is 1.38 bits per heavy atom. The van der Waals surface area contributed by atoms with Crippen molar-refractivity contribution in [2.75, 3.05) is 6.61 Å². The molecule has 1 aromatic rings. The third-order valence-corrected chi connectivity index (χ3v) is 4.35. The molecule has 1 aliphatic rings. The number of ketones is 1. The van der Waals surface area contributed by atoms with Crippen LogP contribution in [0.5, 0.6) is 0 Å². The van der Waals surface area contributed by atoms with Crippen molar-refractivity contribution in [2.24, 2.45) is 5.92 Å². The van der Waals surface area contributed by atoms with E-state index in [4.69, 9.17) is 16.3 Å². The number of carbonyl (C=O) groups is 1. The Hall–Kier alpha value is -0.930. The van der Waals surface area contributed by atoms with Gasteiger partial charge in [0.25, 0.3) is 0 Å². The first-order valence-corrected chi connectivity index (χ1v) is 8.08. The molecule has 0 aliphatic heterocycles. The molecule has 1 aromatic carbocycles. The van der Waals surface area contributed by atoms with Gasteiger partial charge in [0.1, 0.15) is 11.9 Å². The Labute approximate surface area is 130 Å². The quantitative estimate of drug-likeness (QED) is 0.768. The first kappa shape index (κ1) is 16.4. The molecule has 1 fully saturated rings. The van der Waals surface area contributed by atoms with Gasteiger partial charge >= 0.3 is 0 Å². The molecule has 0 radical (unpaired) electrons. The van der Waals surface area contributed by atoms with Crippen LogP contribution < -0.4 is 0 Å². The minimum atomic E-state index is -0.409. The lowest BCUT2D eigenvalue weighted by Crippen LogP contribution is -2.35. The van der Waals surface area contributed by atoms with Gasteiger partial charge in [-0.3, -0.25) is 4.79 Å². The minimum absolute atomic E-state index is 0.0371. The highest BCUT2D eigenvalue weighted by Gasteiger charge is 2.30. The highest BCUT2D eigenvalue weighted by Crippen LogP contribution is 2.29. The van der Waals surface area contributed by atoms with Crippen molar-refractivity contribution < 1.29 is 13.9 Å².